The number of hydrogen-bond donors (Lipinski definition) is 3. The fourth-order valence-electron chi connectivity index (χ4n) is 3.92. The average Bonchev–Trinajstić information content (AvgIpc) is 3.17. The van der Waals surface area contributed by atoms with Crippen LogP contribution in [-0.4, -0.2) is 39.5 Å². The summed E-state index contributed by atoms with van der Waals surface area (Å²) in [6.45, 7) is 0.473. The van der Waals surface area contributed by atoms with Crippen LogP contribution < -0.4 is 15.4 Å². The summed E-state index contributed by atoms with van der Waals surface area (Å²) in [6, 6.07) is 6.84. The van der Waals surface area contributed by atoms with E-state index >= 15 is 0 Å². The predicted octanol–water partition coefficient (Wildman–Crippen LogP) is 4.65. The van der Waals surface area contributed by atoms with E-state index in [0.717, 1.165) is 0 Å². The zero-order valence-corrected chi connectivity index (χ0v) is 18.0. The number of aromatic amines is 1. The number of nitrogens with one attached hydrogen (secondary N) is 3. The van der Waals surface area contributed by atoms with E-state index in [1.807, 2.05) is 0 Å². The smallest absolute Gasteiger partial charge is 0.297 e. The van der Waals surface area contributed by atoms with E-state index < -0.39 is 12.2 Å². The highest BCUT2D eigenvalue weighted by atomic mass is 35.5. The molecule has 1 aromatic carbocycles. The molecule has 0 bridgehead atoms. The maximum Gasteiger partial charge on any atom is 0.297 e. The Hall–Kier alpha value is -3.79. The van der Waals surface area contributed by atoms with Crippen molar-refractivity contribution in [3.05, 3.63) is 58.8 Å². The lowest BCUT2D eigenvalue weighted by Crippen LogP contribution is -2.31. The molecule has 0 saturated heterocycles. The van der Waals surface area contributed by atoms with Crippen molar-refractivity contribution in [2.24, 2.45) is 0 Å². The van der Waals surface area contributed by atoms with Crippen molar-refractivity contribution in [1.29, 1.82) is 0 Å². The Morgan fingerprint density at radius 3 is 2.88 bits per heavy atom. The van der Waals surface area contributed by atoms with Crippen molar-refractivity contribution in [1.82, 2.24) is 25.3 Å². The lowest BCUT2D eigenvalue weighted by Gasteiger charge is -2.17. The zero-order chi connectivity index (χ0) is 23.1. The van der Waals surface area contributed by atoms with Crippen LogP contribution in [-0.2, 0) is 6.42 Å². The number of amides is 1. The van der Waals surface area contributed by atoms with Gasteiger partial charge in [0.1, 0.15) is 11.0 Å². The highest BCUT2D eigenvalue weighted by Gasteiger charge is 2.29. The summed E-state index contributed by atoms with van der Waals surface area (Å²) in [6.07, 6.45) is 0.532. The molecule has 0 atom stereocenters. The first-order valence-corrected chi connectivity index (χ1v) is 10.4. The fraction of sp³-hybridized carbons (Fsp3) is 0.182. The first-order chi connectivity index (χ1) is 16.0. The Morgan fingerprint density at radius 2 is 2.09 bits per heavy atom. The third-order valence-electron chi connectivity index (χ3n) is 5.36. The van der Waals surface area contributed by atoms with Gasteiger partial charge in [0, 0.05) is 30.4 Å². The van der Waals surface area contributed by atoms with Gasteiger partial charge in [0.05, 0.1) is 41.0 Å². The van der Waals surface area contributed by atoms with Crippen molar-refractivity contribution in [2.75, 3.05) is 19.0 Å². The molecule has 0 radical (unpaired) electrons. The molecule has 168 valence electrons. The summed E-state index contributed by atoms with van der Waals surface area (Å²) in [4.78, 5) is 28.0. The van der Waals surface area contributed by atoms with Crippen LogP contribution in [0.15, 0.2) is 36.7 Å². The molecule has 3 N–H and O–H groups in total. The monoisotopic (exact) mass is 470 g/mol. The minimum Gasteiger partial charge on any atom is -0.493 e. The number of H-pyrrole nitrogens is 1. The van der Waals surface area contributed by atoms with E-state index in [9.17, 15) is 13.6 Å². The fourth-order valence-corrected chi connectivity index (χ4v) is 4.17. The summed E-state index contributed by atoms with van der Waals surface area (Å²) in [5.74, 6) is -0.460. The van der Waals surface area contributed by atoms with Crippen LogP contribution in [0.4, 0.5) is 20.2 Å². The van der Waals surface area contributed by atoms with Crippen molar-refractivity contribution in [2.45, 2.75) is 12.8 Å². The second-order valence-electron chi connectivity index (χ2n) is 7.30. The summed E-state index contributed by atoms with van der Waals surface area (Å²) >= 11 is 6.28. The molecule has 0 saturated carbocycles. The second-order valence-corrected chi connectivity index (χ2v) is 7.71. The van der Waals surface area contributed by atoms with Crippen LogP contribution in [0.1, 0.15) is 28.3 Å². The molecule has 0 fully saturated rings. The number of fused-ring (bicyclic) bond motifs is 2. The van der Waals surface area contributed by atoms with Crippen molar-refractivity contribution < 1.29 is 18.3 Å². The van der Waals surface area contributed by atoms with E-state index in [4.69, 9.17) is 16.3 Å². The van der Waals surface area contributed by atoms with Crippen LogP contribution in [0.25, 0.3) is 22.3 Å². The number of nitrogens with zero attached hydrogens (tertiary/aromatic N) is 3. The number of hydrogen-bond acceptors (Lipinski definition) is 6. The quantitative estimate of drug-likeness (QED) is 0.392. The van der Waals surface area contributed by atoms with Gasteiger partial charge in [-0.25, -0.2) is 18.7 Å². The largest absolute Gasteiger partial charge is 0.493 e. The summed E-state index contributed by atoms with van der Waals surface area (Å²) < 4.78 is 32.1. The number of carbonyl (C=O) groups excluding carboxylic acids is 1. The van der Waals surface area contributed by atoms with E-state index in [-0.39, 0.29) is 11.4 Å². The first-order valence-electron chi connectivity index (χ1n) is 10.0. The van der Waals surface area contributed by atoms with Gasteiger partial charge in [-0.3, -0.25) is 9.78 Å². The Morgan fingerprint density at radius 1 is 1.24 bits per heavy atom. The average molecular weight is 471 g/mol. The van der Waals surface area contributed by atoms with Crippen LogP contribution in [0.5, 0.6) is 5.75 Å². The molecule has 8 nitrogen and oxygen atoms in total. The van der Waals surface area contributed by atoms with Crippen LogP contribution in [0.3, 0.4) is 0 Å². The van der Waals surface area contributed by atoms with Gasteiger partial charge in [-0.05, 0) is 18.2 Å². The number of methoxy groups -OCH3 is 1. The molecule has 0 aliphatic carbocycles. The van der Waals surface area contributed by atoms with Gasteiger partial charge in [-0.1, -0.05) is 17.7 Å². The molecule has 1 aliphatic heterocycles. The van der Waals surface area contributed by atoms with Gasteiger partial charge in [0.15, 0.2) is 11.6 Å². The number of rotatable bonds is 5. The summed E-state index contributed by atoms with van der Waals surface area (Å²) in [5, 5.41) is 6.49. The van der Waals surface area contributed by atoms with E-state index in [0.29, 0.717) is 63.1 Å². The normalized spacial score (nSPS) is 13.2. The van der Waals surface area contributed by atoms with Gasteiger partial charge >= 0.3 is 0 Å². The molecular formula is C22H17ClF2N6O2. The summed E-state index contributed by atoms with van der Waals surface area (Å²) in [5.41, 5.74) is 3.71. The minimum atomic E-state index is -2.83. The number of aromatic nitrogens is 4. The molecular weight excluding hydrogens is 454 g/mol. The van der Waals surface area contributed by atoms with Gasteiger partial charge in [0.2, 0.25) is 0 Å². The lowest BCUT2D eigenvalue weighted by atomic mass is 10.0. The molecule has 3 aromatic heterocycles. The van der Waals surface area contributed by atoms with Crippen LogP contribution >= 0.6 is 11.6 Å². The number of benzene rings is 1. The number of pyridine rings is 1. The van der Waals surface area contributed by atoms with Crippen molar-refractivity contribution in [3.63, 3.8) is 0 Å². The Bertz CT molecular complexity index is 1390. The molecule has 1 amide bonds. The Labute approximate surface area is 191 Å². The predicted molar refractivity (Wildman–Crippen MR) is 119 cm³/mol. The van der Waals surface area contributed by atoms with Gasteiger partial charge in [-0.15, -0.1) is 0 Å². The maximum atomic E-state index is 13.3. The number of alkyl halides is 2. The molecule has 0 unspecified atom stereocenters. The SMILES string of the molecule is COc1c(Cl)cccc1Nc1c(-c2ccnc3cnc(C(F)F)nc23)[nH]c2c1C(=O)NCC2. The van der Waals surface area contributed by atoms with E-state index in [1.54, 1.807) is 24.3 Å². The Balaban J connectivity index is 1.75. The van der Waals surface area contributed by atoms with E-state index in [1.165, 1.54) is 19.5 Å². The number of anilines is 2. The molecule has 4 heterocycles. The summed E-state index contributed by atoms with van der Waals surface area (Å²) in [7, 11) is 1.49. The number of carbonyl (C=O) groups is 1. The van der Waals surface area contributed by atoms with E-state index in [2.05, 4.69) is 30.6 Å². The molecule has 1 aliphatic rings. The number of ether oxygens (including phenoxy) is 1. The number of halogens is 3. The maximum absolute atomic E-state index is 13.3. The lowest BCUT2D eigenvalue weighted by molar-refractivity contribution is 0.0946. The highest BCUT2D eigenvalue weighted by Crippen LogP contribution is 2.42. The third kappa shape index (κ3) is 3.62. The standard InChI is InChI=1S/C22H17ClF2N6O2/c1-33-19-11(23)3-2-4-13(19)30-18-15-12(6-8-27-22(15)32)29-17(18)10-5-7-26-14-9-28-21(20(24)25)31-16(10)14/h2-5,7,9,20,29-30H,6,8H2,1H3,(H,27,32). The minimum absolute atomic E-state index is 0.239. The van der Waals surface area contributed by atoms with Gasteiger partial charge in [0.25, 0.3) is 12.3 Å². The third-order valence-corrected chi connectivity index (χ3v) is 5.66. The molecule has 0 spiro atoms. The second kappa shape index (κ2) is 8.28. The molecule has 4 aromatic rings. The van der Waals surface area contributed by atoms with Crippen LogP contribution in [0.2, 0.25) is 5.02 Å². The van der Waals surface area contributed by atoms with Crippen LogP contribution in [0, 0.1) is 0 Å². The zero-order valence-electron chi connectivity index (χ0n) is 17.2. The number of para-hydroxylation sites is 1. The van der Waals surface area contributed by atoms with Crippen molar-refractivity contribution >= 4 is 39.9 Å². The highest BCUT2D eigenvalue weighted by molar-refractivity contribution is 6.32. The molecule has 5 rings (SSSR count). The van der Waals surface area contributed by atoms with Crippen molar-refractivity contribution in [3.8, 4) is 17.0 Å². The first kappa shape index (κ1) is 21.1. The molecule has 33 heavy (non-hydrogen) atoms. The molecule has 11 heteroatoms. The van der Waals surface area contributed by atoms with Gasteiger partial charge < -0.3 is 20.4 Å². The topological polar surface area (TPSA) is 105 Å². The Kier molecular flexibility index (Phi) is 5.29. The van der Waals surface area contributed by atoms with Gasteiger partial charge in [-0.2, -0.15) is 0 Å².